The van der Waals surface area contributed by atoms with Gasteiger partial charge < -0.3 is 52.8 Å². The molecule has 1 unspecified atom stereocenters. The molecule has 4 aliphatic heterocycles. The molecule has 2 fully saturated rings. The summed E-state index contributed by atoms with van der Waals surface area (Å²) in [5, 5.41) is 22.6. The summed E-state index contributed by atoms with van der Waals surface area (Å²) in [6, 6.07) is 8.92. The predicted octanol–water partition coefficient (Wildman–Crippen LogP) is 2.90. The monoisotopic (exact) mass is 582 g/mol. The second kappa shape index (κ2) is 9.89. The third-order valence-electron chi connectivity index (χ3n) is 7.94. The van der Waals surface area contributed by atoms with Gasteiger partial charge in [-0.3, -0.25) is 0 Å². The molecule has 3 aromatic rings. The van der Waals surface area contributed by atoms with Crippen LogP contribution in [0, 0.1) is 0 Å². The van der Waals surface area contributed by atoms with Crippen molar-refractivity contribution in [3.8, 4) is 39.9 Å². The molecule has 42 heavy (non-hydrogen) atoms. The van der Waals surface area contributed by atoms with Crippen LogP contribution in [0.3, 0.4) is 0 Å². The maximum Gasteiger partial charge on any atom is 0.339 e. The Hall–Kier alpha value is -3.81. The van der Waals surface area contributed by atoms with Gasteiger partial charge in [-0.05, 0) is 49.1 Å². The number of ether oxygens (including phenoxy) is 9. The predicted molar refractivity (Wildman–Crippen MR) is 144 cm³/mol. The van der Waals surface area contributed by atoms with E-state index in [1.165, 1.54) is 14.2 Å². The molecule has 0 saturated carbocycles. The molecule has 2 saturated heterocycles. The zero-order valence-electron chi connectivity index (χ0n) is 23.4. The lowest BCUT2D eigenvalue weighted by molar-refractivity contribution is -0.254. The highest BCUT2D eigenvalue weighted by molar-refractivity contribution is 6.14. The Bertz CT molecular complexity index is 1580. The molecular weight excluding hydrogens is 552 g/mol. The molecule has 0 aromatic heterocycles. The lowest BCUT2D eigenvalue weighted by Crippen LogP contribution is -2.58. The SMILES string of the molecule is COc1cc2c(OC3O[C@H](CO)[C@@H]4OC(C)(C)O[C@@H]4[C@H]3O)c3c(c(-c4ccc5c(c4)OCO5)c2cc1OC)C(=O)OC3. The maximum absolute atomic E-state index is 13.3. The lowest BCUT2D eigenvalue weighted by atomic mass is 9.89. The van der Waals surface area contributed by atoms with Crippen molar-refractivity contribution < 1.29 is 57.6 Å². The van der Waals surface area contributed by atoms with E-state index in [4.69, 9.17) is 42.6 Å². The van der Waals surface area contributed by atoms with Crippen LogP contribution in [0.25, 0.3) is 21.9 Å². The molecule has 222 valence electrons. The zero-order chi connectivity index (χ0) is 29.3. The van der Waals surface area contributed by atoms with Gasteiger partial charge in [-0.2, -0.15) is 0 Å². The largest absolute Gasteiger partial charge is 0.493 e. The summed E-state index contributed by atoms with van der Waals surface area (Å²) < 4.78 is 52.2. The second-order valence-electron chi connectivity index (χ2n) is 10.9. The van der Waals surface area contributed by atoms with Gasteiger partial charge in [0.2, 0.25) is 13.1 Å². The Morgan fingerprint density at radius 1 is 0.929 bits per heavy atom. The molecule has 12 heteroatoms. The molecule has 5 atom stereocenters. The Morgan fingerprint density at radius 3 is 2.38 bits per heavy atom. The molecule has 3 aromatic carbocycles. The molecule has 0 bridgehead atoms. The first kappa shape index (κ1) is 27.0. The number of methoxy groups -OCH3 is 2. The van der Waals surface area contributed by atoms with Crippen molar-refractivity contribution in [3.63, 3.8) is 0 Å². The first-order valence-electron chi connectivity index (χ1n) is 13.5. The van der Waals surface area contributed by atoms with Crippen molar-refractivity contribution >= 4 is 16.7 Å². The fourth-order valence-electron chi connectivity index (χ4n) is 6.11. The molecule has 0 aliphatic carbocycles. The minimum atomic E-state index is -1.28. The van der Waals surface area contributed by atoms with E-state index in [2.05, 4.69) is 0 Å². The fraction of sp³-hybridized carbons (Fsp3) is 0.433. The highest BCUT2D eigenvalue weighted by Gasteiger charge is 2.55. The van der Waals surface area contributed by atoms with Crippen LogP contribution in [0.15, 0.2) is 30.3 Å². The van der Waals surface area contributed by atoms with Crippen molar-refractivity contribution in [2.24, 2.45) is 0 Å². The van der Waals surface area contributed by atoms with E-state index in [9.17, 15) is 15.0 Å². The fourth-order valence-corrected chi connectivity index (χ4v) is 6.11. The van der Waals surface area contributed by atoms with Gasteiger partial charge in [0, 0.05) is 16.5 Å². The average Bonchev–Trinajstić information content (AvgIpc) is 3.70. The van der Waals surface area contributed by atoms with Crippen molar-refractivity contribution in [3.05, 3.63) is 41.5 Å². The van der Waals surface area contributed by atoms with Gasteiger partial charge >= 0.3 is 5.97 Å². The number of benzene rings is 3. The number of esters is 1. The number of fused-ring (bicyclic) bond motifs is 4. The smallest absolute Gasteiger partial charge is 0.339 e. The number of carbonyl (C=O) groups is 1. The minimum Gasteiger partial charge on any atom is -0.493 e. The van der Waals surface area contributed by atoms with E-state index in [-0.39, 0.29) is 25.8 Å². The molecule has 2 N–H and O–H groups in total. The Labute approximate surface area is 240 Å². The number of cyclic esters (lactones) is 1. The summed E-state index contributed by atoms with van der Waals surface area (Å²) in [5.74, 6) is 0.728. The van der Waals surface area contributed by atoms with E-state index in [1.54, 1.807) is 38.1 Å². The summed E-state index contributed by atoms with van der Waals surface area (Å²) in [7, 11) is 3.04. The van der Waals surface area contributed by atoms with E-state index in [1.807, 2.05) is 6.07 Å². The molecule has 7 rings (SSSR count). The molecular formula is C30H30O12. The number of aliphatic hydroxyl groups excluding tert-OH is 2. The van der Waals surface area contributed by atoms with Crippen LogP contribution >= 0.6 is 0 Å². The van der Waals surface area contributed by atoms with Gasteiger partial charge in [-0.15, -0.1) is 0 Å². The molecule has 0 radical (unpaired) electrons. The van der Waals surface area contributed by atoms with Crippen LogP contribution in [0.5, 0.6) is 28.7 Å². The minimum absolute atomic E-state index is 0.0731. The zero-order valence-corrected chi connectivity index (χ0v) is 23.4. The normalized spacial score (nSPS) is 27.0. The van der Waals surface area contributed by atoms with E-state index in [0.717, 1.165) is 0 Å². The van der Waals surface area contributed by atoms with Crippen LogP contribution in [0.4, 0.5) is 0 Å². The van der Waals surface area contributed by atoms with E-state index < -0.39 is 42.5 Å². The summed E-state index contributed by atoms with van der Waals surface area (Å²) in [5.41, 5.74) is 2.04. The lowest BCUT2D eigenvalue weighted by Gasteiger charge is -2.39. The third-order valence-corrected chi connectivity index (χ3v) is 7.94. The summed E-state index contributed by atoms with van der Waals surface area (Å²) >= 11 is 0. The van der Waals surface area contributed by atoms with Gasteiger partial charge in [-0.25, -0.2) is 4.79 Å². The molecule has 0 spiro atoms. The van der Waals surface area contributed by atoms with Crippen LogP contribution in [-0.2, 0) is 25.6 Å². The second-order valence-corrected chi connectivity index (χ2v) is 10.9. The summed E-state index contributed by atoms with van der Waals surface area (Å²) in [6.45, 7) is 3.09. The number of hydrogen-bond donors (Lipinski definition) is 2. The number of carbonyl (C=O) groups excluding carboxylic acids is 1. The van der Waals surface area contributed by atoms with Crippen molar-refractivity contribution in [2.45, 2.75) is 56.9 Å². The quantitative estimate of drug-likeness (QED) is 0.413. The van der Waals surface area contributed by atoms with Gasteiger partial charge in [0.1, 0.15) is 36.8 Å². The van der Waals surface area contributed by atoms with Crippen molar-refractivity contribution in [2.75, 3.05) is 27.6 Å². The van der Waals surface area contributed by atoms with E-state index in [0.29, 0.717) is 56.0 Å². The van der Waals surface area contributed by atoms with Crippen LogP contribution in [0.1, 0.15) is 29.8 Å². The Morgan fingerprint density at radius 2 is 1.64 bits per heavy atom. The summed E-state index contributed by atoms with van der Waals surface area (Å²) in [6.07, 6.45) is -4.91. The summed E-state index contributed by atoms with van der Waals surface area (Å²) in [4.78, 5) is 13.3. The molecule has 12 nitrogen and oxygen atoms in total. The maximum atomic E-state index is 13.3. The molecule has 0 amide bonds. The highest BCUT2D eigenvalue weighted by atomic mass is 16.8. The third kappa shape index (κ3) is 4.13. The average molecular weight is 583 g/mol. The van der Waals surface area contributed by atoms with Gasteiger partial charge in [0.15, 0.2) is 28.8 Å². The van der Waals surface area contributed by atoms with Crippen molar-refractivity contribution in [1.82, 2.24) is 0 Å². The number of hydrogen-bond acceptors (Lipinski definition) is 12. The van der Waals surface area contributed by atoms with Crippen LogP contribution in [-0.4, -0.2) is 80.3 Å². The highest BCUT2D eigenvalue weighted by Crippen LogP contribution is 2.50. The Balaban J connectivity index is 1.42. The van der Waals surface area contributed by atoms with Gasteiger partial charge in [0.25, 0.3) is 0 Å². The first-order valence-corrected chi connectivity index (χ1v) is 13.5. The van der Waals surface area contributed by atoms with Gasteiger partial charge in [0.05, 0.1) is 26.4 Å². The topological polar surface area (TPSA) is 141 Å². The first-order chi connectivity index (χ1) is 20.2. The molecule has 4 heterocycles. The number of rotatable bonds is 6. The van der Waals surface area contributed by atoms with Crippen LogP contribution in [0.2, 0.25) is 0 Å². The Kier molecular flexibility index (Phi) is 6.37. The van der Waals surface area contributed by atoms with Crippen LogP contribution < -0.4 is 23.7 Å². The standard InChI is InChI=1S/C30H30O12/c1-30(2)41-26-21(10-31)39-29(24(32)27(26)42-30)40-25-15-9-19(35-4)18(34-3)8-14(15)22(23-16(25)11-36-28(23)33)13-5-6-17-20(7-13)38-12-37-17/h5-9,21,24,26-27,29,31-32H,10-12H2,1-4H3/t21-,24-,26+,27-,29?/m1/s1. The van der Waals surface area contributed by atoms with E-state index >= 15 is 0 Å². The molecule has 4 aliphatic rings. The van der Waals surface area contributed by atoms with Gasteiger partial charge in [-0.1, -0.05) is 6.07 Å². The van der Waals surface area contributed by atoms with Crippen molar-refractivity contribution in [1.29, 1.82) is 0 Å². The number of aliphatic hydroxyl groups is 2.